The second-order valence-electron chi connectivity index (χ2n) is 4.42. The van der Waals surface area contributed by atoms with Gasteiger partial charge in [0.25, 0.3) is 0 Å². The second-order valence-corrected chi connectivity index (χ2v) is 4.42. The van der Waals surface area contributed by atoms with Crippen LogP contribution in [0.25, 0.3) is 0 Å². The molecule has 1 aliphatic heterocycles. The molecule has 0 spiro atoms. The highest BCUT2D eigenvalue weighted by molar-refractivity contribution is 5.38. The fourth-order valence-corrected chi connectivity index (χ4v) is 2.07. The molecule has 1 aliphatic rings. The Morgan fingerprint density at radius 2 is 2.18 bits per heavy atom. The highest BCUT2D eigenvalue weighted by Gasteiger charge is 2.13. The number of nitrogens with zero attached hydrogens (tertiary/aromatic N) is 2. The Kier molecular flexibility index (Phi) is 4.14. The standard InChI is InChI=1S/C12H20N4O/c1-9-15-11(7-12(16-9)17-2)14-8-10-3-5-13-6-4-10/h7,10,13H,3-6,8H2,1-2H3,(H,14,15,16). The molecule has 17 heavy (non-hydrogen) atoms. The van der Waals surface area contributed by atoms with Crippen molar-refractivity contribution in [3.05, 3.63) is 11.9 Å². The molecular weight excluding hydrogens is 216 g/mol. The Morgan fingerprint density at radius 1 is 1.41 bits per heavy atom. The first-order chi connectivity index (χ1) is 8.28. The Bertz CT molecular complexity index is 364. The molecule has 0 aliphatic carbocycles. The van der Waals surface area contributed by atoms with Gasteiger partial charge in [-0.25, -0.2) is 4.98 Å². The van der Waals surface area contributed by atoms with Crippen molar-refractivity contribution in [2.75, 3.05) is 32.1 Å². The largest absolute Gasteiger partial charge is 0.481 e. The molecule has 5 heteroatoms. The van der Waals surface area contributed by atoms with Crippen molar-refractivity contribution in [3.8, 4) is 5.88 Å². The van der Waals surface area contributed by atoms with Crippen LogP contribution in [0.1, 0.15) is 18.7 Å². The average Bonchev–Trinajstić information content (AvgIpc) is 2.37. The fraction of sp³-hybridized carbons (Fsp3) is 0.667. The first-order valence-electron chi connectivity index (χ1n) is 6.12. The van der Waals surface area contributed by atoms with E-state index in [-0.39, 0.29) is 0 Å². The maximum absolute atomic E-state index is 5.13. The van der Waals surface area contributed by atoms with Crippen LogP contribution < -0.4 is 15.4 Å². The van der Waals surface area contributed by atoms with Crippen molar-refractivity contribution < 1.29 is 4.74 Å². The molecule has 2 rings (SSSR count). The highest BCUT2D eigenvalue weighted by Crippen LogP contribution is 2.15. The van der Waals surface area contributed by atoms with E-state index in [1.165, 1.54) is 12.8 Å². The summed E-state index contributed by atoms with van der Waals surface area (Å²) in [6, 6.07) is 1.84. The molecule has 2 N–H and O–H groups in total. The van der Waals surface area contributed by atoms with Gasteiger partial charge in [-0.3, -0.25) is 0 Å². The number of aromatic nitrogens is 2. The maximum atomic E-state index is 5.13. The van der Waals surface area contributed by atoms with Crippen molar-refractivity contribution in [2.24, 2.45) is 5.92 Å². The average molecular weight is 236 g/mol. The van der Waals surface area contributed by atoms with Crippen molar-refractivity contribution in [2.45, 2.75) is 19.8 Å². The second kappa shape index (κ2) is 5.82. The van der Waals surface area contributed by atoms with Crippen LogP contribution in [0, 0.1) is 12.8 Å². The van der Waals surface area contributed by atoms with E-state index in [9.17, 15) is 0 Å². The van der Waals surface area contributed by atoms with E-state index in [1.807, 2.05) is 13.0 Å². The van der Waals surface area contributed by atoms with Crippen molar-refractivity contribution >= 4 is 5.82 Å². The summed E-state index contributed by atoms with van der Waals surface area (Å²) >= 11 is 0. The fourth-order valence-electron chi connectivity index (χ4n) is 2.07. The number of nitrogens with one attached hydrogen (secondary N) is 2. The third-order valence-electron chi connectivity index (χ3n) is 3.05. The lowest BCUT2D eigenvalue weighted by Crippen LogP contribution is -2.31. The minimum atomic E-state index is 0.616. The molecule has 1 aromatic heterocycles. The zero-order valence-electron chi connectivity index (χ0n) is 10.5. The lowest BCUT2D eigenvalue weighted by molar-refractivity contribution is 0.388. The van der Waals surface area contributed by atoms with E-state index >= 15 is 0 Å². The molecule has 5 nitrogen and oxygen atoms in total. The van der Waals surface area contributed by atoms with Gasteiger partial charge in [-0.2, -0.15) is 4.98 Å². The van der Waals surface area contributed by atoms with E-state index in [2.05, 4.69) is 20.6 Å². The molecule has 0 bridgehead atoms. The third kappa shape index (κ3) is 3.56. The first kappa shape index (κ1) is 12.1. The molecule has 94 valence electrons. The summed E-state index contributed by atoms with van der Waals surface area (Å²) in [6.45, 7) is 5.09. The predicted octanol–water partition coefficient (Wildman–Crippen LogP) is 1.21. The third-order valence-corrected chi connectivity index (χ3v) is 3.05. The monoisotopic (exact) mass is 236 g/mol. The lowest BCUT2D eigenvalue weighted by atomic mass is 9.98. The Labute approximate surface area is 102 Å². The normalized spacial score (nSPS) is 16.8. The molecule has 1 aromatic rings. The number of aryl methyl sites for hydroxylation is 1. The van der Waals surface area contributed by atoms with Gasteiger partial charge in [0.05, 0.1) is 7.11 Å². The molecule has 1 fully saturated rings. The van der Waals surface area contributed by atoms with Crippen molar-refractivity contribution in [1.82, 2.24) is 15.3 Å². The molecule has 0 radical (unpaired) electrons. The number of ether oxygens (including phenoxy) is 1. The van der Waals surface area contributed by atoms with Crippen LogP contribution in [0.4, 0.5) is 5.82 Å². The lowest BCUT2D eigenvalue weighted by Gasteiger charge is -2.23. The molecule has 0 amide bonds. The Morgan fingerprint density at radius 3 is 2.88 bits per heavy atom. The van der Waals surface area contributed by atoms with Crippen LogP contribution >= 0.6 is 0 Å². The molecule has 0 saturated carbocycles. The molecule has 1 saturated heterocycles. The topological polar surface area (TPSA) is 59.1 Å². The summed E-state index contributed by atoms with van der Waals surface area (Å²) in [5.74, 6) is 2.94. The number of piperidine rings is 1. The van der Waals surface area contributed by atoms with Gasteiger partial charge in [0.1, 0.15) is 11.6 Å². The van der Waals surface area contributed by atoms with E-state index in [0.717, 1.165) is 37.2 Å². The van der Waals surface area contributed by atoms with Crippen LogP contribution in [0.5, 0.6) is 5.88 Å². The van der Waals surface area contributed by atoms with Crippen molar-refractivity contribution in [1.29, 1.82) is 0 Å². The molecule has 0 atom stereocenters. The van der Waals surface area contributed by atoms with Crippen LogP contribution in [-0.2, 0) is 0 Å². The summed E-state index contributed by atoms with van der Waals surface area (Å²) in [5, 5.41) is 6.74. The zero-order valence-corrected chi connectivity index (χ0v) is 10.5. The SMILES string of the molecule is COc1cc(NCC2CCNCC2)nc(C)n1. The van der Waals surface area contributed by atoms with Gasteiger partial charge in [0, 0.05) is 12.6 Å². The number of rotatable bonds is 4. The van der Waals surface area contributed by atoms with E-state index in [1.54, 1.807) is 7.11 Å². The summed E-state index contributed by atoms with van der Waals surface area (Å²) in [5.41, 5.74) is 0. The van der Waals surface area contributed by atoms with Crippen LogP contribution in [0.3, 0.4) is 0 Å². The van der Waals surface area contributed by atoms with Crippen LogP contribution in [-0.4, -0.2) is 36.7 Å². The zero-order chi connectivity index (χ0) is 12.1. The minimum absolute atomic E-state index is 0.616. The van der Waals surface area contributed by atoms with Crippen molar-refractivity contribution in [3.63, 3.8) is 0 Å². The first-order valence-corrected chi connectivity index (χ1v) is 6.12. The summed E-state index contributed by atoms with van der Waals surface area (Å²) < 4.78 is 5.13. The van der Waals surface area contributed by atoms with Gasteiger partial charge in [0.2, 0.25) is 5.88 Å². The number of hydrogen-bond donors (Lipinski definition) is 2. The quantitative estimate of drug-likeness (QED) is 0.822. The highest BCUT2D eigenvalue weighted by atomic mass is 16.5. The van der Waals surface area contributed by atoms with Gasteiger partial charge >= 0.3 is 0 Å². The summed E-state index contributed by atoms with van der Waals surface area (Å²) in [7, 11) is 1.62. The summed E-state index contributed by atoms with van der Waals surface area (Å²) in [6.07, 6.45) is 2.46. The Hall–Kier alpha value is -1.36. The Balaban J connectivity index is 1.91. The smallest absolute Gasteiger partial charge is 0.218 e. The van der Waals surface area contributed by atoms with Crippen LogP contribution in [0.2, 0.25) is 0 Å². The van der Waals surface area contributed by atoms with E-state index < -0.39 is 0 Å². The summed E-state index contributed by atoms with van der Waals surface area (Å²) in [4.78, 5) is 8.51. The number of methoxy groups -OCH3 is 1. The number of hydrogen-bond acceptors (Lipinski definition) is 5. The predicted molar refractivity (Wildman–Crippen MR) is 67.4 cm³/mol. The van der Waals surface area contributed by atoms with Gasteiger partial charge in [-0.05, 0) is 38.8 Å². The van der Waals surface area contributed by atoms with E-state index in [0.29, 0.717) is 5.88 Å². The van der Waals surface area contributed by atoms with Gasteiger partial charge in [0.15, 0.2) is 0 Å². The minimum Gasteiger partial charge on any atom is -0.481 e. The number of anilines is 1. The maximum Gasteiger partial charge on any atom is 0.218 e. The molecular formula is C12H20N4O. The van der Waals surface area contributed by atoms with E-state index in [4.69, 9.17) is 4.74 Å². The van der Waals surface area contributed by atoms with Gasteiger partial charge in [-0.15, -0.1) is 0 Å². The van der Waals surface area contributed by atoms with Gasteiger partial charge in [-0.1, -0.05) is 0 Å². The van der Waals surface area contributed by atoms with Gasteiger partial charge < -0.3 is 15.4 Å². The van der Waals surface area contributed by atoms with Crippen LogP contribution in [0.15, 0.2) is 6.07 Å². The molecule has 0 unspecified atom stereocenters. The molecule has 0 aromatic carbocycles. The molecule has 2 heterocycles.